The molecule has 41 heavy (non-hydrogen) atoms. The van der Waals surface area contributed by atoms with E-state index in [1.54, 1.807) is 38.3 Å². The van der Waals surface area contributed by atoms with Crippen molar-refractivity contribution in [2.45, 2.75) is 44.2 Å². The minimum absolute atomic E-state index is 0.0563. The molecule has 0 aliphatic rings. The van der Waals surface area contributed by atoms with E-state index in [0.29, 0.717) is 30.9 Å². The van der Waals surface area contributed by atoms with Gasteiger partial charge in [-0.2, -0.15) is 0 Å². The molecule has 0 fully saturated rings. The lowest BCUT2D eigenvalue weighted by Gasteiger charge is -2.33. The number of carbonyl (C=O) groups is 2. The molecule has 0 radical (unpaired) electrons. The minimum atomic E-state index is -4.28. The number of nitrogens with one attached hydrogen (secondary N) is 1. The van der Waals surface area contributed by atoms with Crippen LogP contribution in [-0.4, -0.2) is 58.5 Å². The lowest BCUT2D eigenvalue weighted by Crippen LogP contribution is -2.52. The van der Waals surface area contributed by atoms with Crippen molar-refractivity contribution in [1.82, 2.24) is 10.2 Å². The average molecular weight is 586 g/mol. The number of carbonyl (C=O) groups excluding carboxylic acids is 2. The van der Waals surface area contributed by atoms with Gasteiger partial charge in [0.2, 0.25) is 11.8 Å². The smallest absolute Gasteiger partial charge is 0.264 e. The third-order valence-electron chi connectivity index (χ3n) is 6.49. The highest BCUT2D eigenvalue weighted by Gasteiger charge is 2.33. The Kier molecular flexibility index (Phi) is 11.1. The van der Waals surface area contributed by atoms with Gasteiger partial charge in [-0.3, -0.25) is 13.9 Å². The first kappa shape index (κ1) is 31.4. The Morgan fingerprint density at radius 3 is 1.95 bits per heavy atom. The first-order valence-electron chi connectivity index (χ1n) is 13.3. The largest absolute Gasteiger partial charge is 0.497 e. The van der Waals surface area contributed by atoms with E-state index < -0.39 is 34.3 Å². The van der Waals surface area contributed by atoms with E-state index in [4.69, 9.17) is 9.47 Å². The maximum atomic E-state index is 14.0. The van der Waals surface area contributed by atoms with Crippen molar-refractivity contribution in [2.75, 3.05) is 31.6 Å². The number of amides is 2. The van der Waals surface area contributed by atoms with Crippen LogP contribution in [0.4, 0.5) is 10.1 Å². The standard InChI is InChI=1S/C30H36FN3O6S/c1-5-19-32-30(36)28(6-2)33(20-22-7-13-25(39-3)14-8-22)29(35)21-34(24-11-9-23(31)10-12-24)41(37,38)27-17-15-26(40-4)16-18-27/h7-18,28H,5-6,19-21H2,1-4H3,(H,32,36)/t28-/m0/s1. The number of methoxy groups -OCH3 is 2. The highest BCUT2D eigenvalue weighted by molar-refractivity contribution is 7.92. The predicted octanol–water partition coefficient (Wildman–Crippen LogP) is 4.37. The van der Waals surface area contributed by atoms with Gasteiger partial charge in [0.15, 0.2) is 0 Å². The van der Waals surface area contributed by atoms with Gasteiger partial charge in [0.05, 0.1) is 24.8 Å². The Bertz CT molecular complexity index is 1400. The monoisotopic (exact) mass is 585 g/mol. The summed E-state index contributed by atoms with van der Waals surface area (Å²) in [5.41, 5.74) is 0.829. The summed E-state index contributed by atoms with van der Waals surface area (Å²) in [6.45, 7) is 3.59. The van der Waals surface area contributed by atoms with E-state index in [0.717, 1.165) is 22.0 Å². The van der Waals surface area contributed by atoms with Gasteiger partial charge in [-0.1, -0.05) is 26.0 Å². The van der Waals surface area contributed by atoms with Crippen molar-refractivity contribution in [3.63, 3.8) is 0 Å². The molecule has 0 bridgehead atoms. The van der Waals surface area contributed by atoms with Crippen LogP contribution in [-0.2, 0) is 26.2 Å². The Balaban J connectivity index is 2.04. The molecule has 3 aromatic carbocycles. The lowest BCUT2D eigenvalue weighted by atomic mass is 10.1. The zero-order valence-corrected chi connectivity index (χ0v) is 24.5. The van der Waals surface area contributed by atoms with Gasteiger partial charge in [0.1, 0.15) is 29.9 Å². The molecular weight excluding hydrogens is 549 g/mol. The Hall–Kier alpha value is -4.12. The fourth-order valence-electron chi connectivity index (χ4n) is 4.22. The summed E-state index contributed by atoms with van der Waals surface area (Å²) in [7, 11) is -1.27. The van der Waals surface area contributed by atoms with Crippen LogP contribution in [0, 0.1) is 5.82 Å². The maximum Gasteiger partial charge on any atom is 0.264 e. The van der Waals surface area contributed by atoms with Gasteiger partial charge in [-0.25, -0.2) is 12.8 Å². The molecular formula is C30H36FN3O6S. The quantitative estimate of drug-likeness (QED) is 0.301. The minimum Gasteiger partial charge on any atom is -0.497 e. The Morgan fingerprint density at radius 2 is 1.44 bits per heavy atom. The SMILES string of the molecule is CCCNC(=O)[C@H](CC)N(Cc1ccc(OC)cc1)C(=O)CN(c1ccc(F)cc1)S(=O)(=O)c1ccc(OC)cc1. The molecule has 1 N–H and O–H groups in total. The number of rotatable bonds is 14. The van der Waals surface area contributed by atoms with Crippen molar-refractivity contribution in [3.8, 4) is 11.5 Å². The van der Waals surface area contributed by atoms with E-state index in [9.17, 15) is 22.4 Å². The molecule has 0 aliphatic heterocycles. The molecule has 2 amide bonds. The molecule has 0 saturated heterocycles. The summed E-state index contributed by atoms with van der Waals surface area (Å²) in [5, 5.41) is 2.84. The molecule has 0 heterocycles. The number of hydrogen-bond donors (Lipinski definition) is 1. The van der Waals surface area contributed by atoms with Crippen LogP contribution >= 0.6 is 0 Å². The first-order chi connectivity index (χ1) is 19.6. The summed E-state index contributed by atoms with van der Waals surface area (Å²) in [6.07, 6.45) is 1.02. The number of ether oxygens (including phenoxy) is 2. The topological polar surface area (TPSA) is 105 Å². The number of anilines is 1. The number of nitrogens with zero attached hydrogens (tertiary/aromatic N) is 2. The van der Waals surface area contributed by atoms with Gasteiger partial charge >= 0.3 is 0 Å². The first-order valence-corrected chi connectivity index (χ1v) is 14.7. The highest BCUT2D eigenvalue weighted by atomic mass is 32.2. The van der Waals surface area contributed by atoms with Gasteiger partial charge in [0, 0.05) is 13.1 Å². The van der Waals surface area contributed by atoms with Gasteiger partial charge in [-0.15, -0.1) is 0 Å². The third-order valence-corrected chi connectivity index (χ3v) is 8.28. The predicted molar refractivity (Wildman–Crippen MR) is 155 cm³/mol. The molecule has 0 unspecified atom stereocenters. The second-order valence-corrected chi connectivity index (χ2v) is 11.1. The molecule has 0 saturated carbocycles. The van der Waals surface area contributed by atoms with E-state index in [1.807, 2.05) is 6.92 Å². The molecule has 3 aromatic rings. The zero-order valence-electron chi connectivity index (χ0n) is 23.7. The normalized spacial score (nSPS) is 11.8. The average Bonchev–Trinajstić information content (AvgIpc) is 2.99. The van der Waals surface area contributed by atoms with Crippen molar-refractivity contribution in [2.24, 2.45) is 0 Å². The number of hydrogen-bond acceptors (Lipinski definition) is 6. The molecule has 9 nitrogen and oxygen atoms in total. The van der Waals surface area contributed by atoms with E-state index in [2.05, 4.69) is 5.32 Å². The third kappa shape index (κ3) is 7.97. The van der Waals surface area contributed by atoms with Crippen molar-refractivity contribution in [3.05, 3.63) is 84.2 Å². The van der Waals surface area contributed by atoms with Crippen LogP contribution in [0.5, 0.6) is 11.5 Å². The molecule has 11 heteroatoms. The zero-order chi connectivity index (χ0) is 30.0. The molecule has 0 spiro atoms. The van der Waals surface area contributed by atoms with Crippen LogP contribution in [0.1, 0.15) is 32.3 Å². The van der Waals surface area contributed by atoms with Crippen molar-refractivity contribution >= 4 is 27.5 Å². The number of halogens is 1. The number of sulfonamides is 1. The van der Waals surface area contributed by atoms with Gasteiger partial charge in [0.25, 0.3) is 10.0 Å². The summed E-state index contributed by atoms with van der Waals surface area (Å²) in [6, 6.07) is 16.8. The maximum absolute atomic E-state index is 14.0. The van der Waals surface area contributed by atoms with Crippen LogP contribution in [0.3, 0.4) is 0 Å². The van der Waals surface area contributed by atoms with E-state index in [-0.39, 0.29) is 23.0 Å². The molecule has 220 valence electrons. The summed E-state index contributed by atoms with van der Waals surface area (Å²) >= 11 is 0. The number of benzene rings is 3. The van der Waals surface area contributed by atoms with Crippen molar-refractivity contribution in [1.29, 1.82) is 0 Å². The second-order valence-electron chi connectivity index (χ2n) is 9.25. The summed E-state index contributed by atoms with van der Waals surface area (Å²) in [4.78, 5) is 28.4. The van der Waals surface area contributed by atoms with Crippen molar-refractivity contribution < 1.29 is 31.9 Å². The Morgan fingerprint density at radius 1 is 0.878 bits per heavy atom. The van der Waals surface area contributed by atoms with Gasteiger partial charge < -0.3 is 19.7 Å². The fourth-order valence-corrected chi connectivity index (χ4v) is 5.64. The van der Waals surface area contributed by atoms with E-state index >= 15 is 0 Å². The molecule has 0 aliphatic carbocycles. The highest BCUT2D eigenvalue weighted by Crippen LogP contribution is 2.26. The lowest BCUT2D eigenvalue weighted by molar-refractivity contribution is -0.140. The van der Waals surface area contributed by atoms with Gasteiger partial charge in [-0.05, 0) is 79.1 Å². The Labute approximate surface area is 240 Å². The van der Waals surface area contributed by atoms with Crippen LogP contribution < -0.4 is 19.1 Å². The molecule has 1 atom stereocenters. The molecule has 3 rings (SSSR count). The fraction of sp³-hybridized carbons (Fsp3) is 0.333. The summed E-state index contributed by atoms with van der Waals surface area (Å²) in [5.74, 6) is -0.389. The van der Waals surface area contributed by atoms with Crippen LogP contribution in [0.25, 0.3) is 0 Å². The molecule has 0 aromatic heterocycles. The van der Waals surface area contributed by atoms with E-state index in [1.165, 1.54) is 48.4 Å². The summed E-state index contributed by atoms with van der Waals surface area (Å²) < 4.78 is 52.8. The second kappa shape index (κ2) is 14.5. The van der Waals surface area contributed by atoms with Crippen LogP contribution in [0.15, 0.2) is 77.7 Å². The van der Waals surface area contributed by atoms with Crippen LogP contribution in [0.2, 0.25) is 0 Å².